The van der Waals surface area contributed by atoms with E-state index in [0.29, 0.717) is 22.6 Å². The molecule has 1 heterocycles. The number of esters is 1. The molecule has 0 radical (unpaired) electrons. The van der Waals surface area contributed by atoms with Gasteiger partial charge in [-0.3, -0.25) is 4.79 Å². The monoisotopic (exact) mass is 320 g/mol. The summed E-state index contributed by atoms with van der Waals surface area (Å²) in [5.74, 6) is -0.109. The molecule has 0 saturated heterocycles. The topological polar surface area (TPSA) is 46.5 Å². The molecule has 0 aliphatic carbocycles. The molecule has 21 heavy (non-hydrogen) atoms. The van der Waals surface area contributed by atoms with E-state index in [0.717, 1.165) is 12.1 Å². The summed E-state index contributed by atoms with van der Waals surface area (Å²) in [6, 6.07) is 3.21. The third-order valence-electron chi connectivity index (χ3n) is 3.33. The number of aliphatic hydroxyl groups is 1. The van der Waals surface area contributed by atoms with Crippen LogP contribution in [0, 0.1) is 0 Å². The molecule has 1 aliphatic rings. The second kappa shape index (κ2) is 5.88. The molecular weight excluding hydrogens is 305 g/mol. The van der Waals surface area contributed by atoms with Gasteiger partial charge >= 0.3 is 12.1 Å². The van der Waals surface area contributed by atoms with Gasteiger partial charge in [-0.05, 0) is 31.0 Å². The highest BCUT2D eigenvalue weighted by molar-refractivity contribution is 7.99. The predicted octanol–water partition coefficient (Wildman–Crippen LogP) is 3.34. The van der Waals surface area contributed by atoms with Gasteiger partial charge < -0.3 is 9.84 Å². The Bertz CT molecular complexity index is 545. The summed E-state index contributed by atoms with van der Waals surface area (Å²) in [7, 11) is 0. The zero-order valence-electron chi connectivity index (χ0n) is 11.4. The van der Waals surface area contributed by atoms with Crippen LogP contribution in [0.2, 0.25) is 0 Å². The molecule has 0 fully saturated rings. The summed E-state index contributed by atoms with van der Waals surface area (Å²) in [6.45, 7) is 1.85. The Labute approximate surface area is 124 Å². The molecule has 1 atom stereocenters. The molecule has 0 amide bonds. The second-order valence-corrected chi connectivity index (χ2v) is 5.96. The van der Waals surface area contributed by atoms with Crippen LogP contribution in [-0.2, 0) is 21.3 Å². The van der Waals surface area contributed by atoms with E-state index in [1.54, 1.807) is 6.92 Å². The van der Waals surface area contributed by atoms with Crippen LogP contribution < -0.4 is 0 Å². The number of carbonyl (C=O) groups is 1. The smallest absolute Gasteiger partial charge is 0.416 e. The van der Waals surface area contributed by atoms with Crippen molar-refractivity contribution in [3.63, 3.8) is 0 Å². The molecule has 1 aliphatic heterocycles. The highest BCUT2D eigenvalue weighted by Gasteiger charge is 2.39. The minimum Gasteiger partial charge on any atom is -0.466 e. The molecule has 3 nitrogen and oxygen atoms in total. The summed E-state index contributed by atoms with van der Waals surface area (Å²) < 4.78 is 43.0. The van der Waals surface area contributed by atoms with Crippen molar-refractivity contribution in [1.29, 1.82) is 0 Å². The van der Waals surface area contributed by atoms with E-state index in [9.17, 15) is 23.1 Å². The molecule has 0 bridgehead atoms. The number of rotatable bonds is 3. The van der Waals surface area contributed by atoms with Crippen LogP contribution in [0.4, 0.5) is 13.2 Å². The molecule has 1 N–H and O–H groups in total. The second-order valence-electron chi connectivity index (χ2n) is 4.82. The van der Waals surface area contributed by atoms with Gasteiger partial charge in [0.15, 0.2) is 0 Å². The zero-order chi connectivity index (χ0) is 15.7. The van der Waals surface area contributed by atoms with Gasteiger partial charge in [-0.1, -0.05) is 6.07 Å². The average molecular weight is 320 g/mol. The first-order valence-electron chi connectivity index (χ1n) is 6.49. The molecule has 1 unspecified atom stereocenters. The lowest BCUT2D eigenvalue weighted by Gasteiger charge is -2.33. The standard InChI is InChI=1S/C14H15F3O3S/c1-2-20-12(18)8-13(19)5-6-21-11-7-9(14(15,16)17)3-4-10(11)13/h3-4,7,19H,2,5-6,8H2,1H3. The molecular formula is C14H15F3O3S. The number of carbonyl (C=O) groups excluding carboxylic acids is 1. The van der Waals surface area contributed by atoms with Crippen molar-refractivity contribution in [3.05, 3.63) is 29.3 Å². The van der Waals surface area contributed by atoms with Crippen LogP contribution in [0.3, 0.4) is 0 Å². The fourth-order valence-electron chi connectivity index (χ4n) is 2.30. The molecule has 1 aromatic carbocycles. The normalized spacial score (nSPS) is 21.8. The molecule has 7 heteroatoms. The minimum absolute atomic E-state index is 0.198. The molecule has 2 rings (SSSR count). The van der Waals surface area contributed by atoms with Crippen molar-refractivity contribution >= 4 is 17.7 Å². The summed E-state index contributed by atoms with van der Waals surface area (Å²) >= 11 is 1.25. The number of thioether (sulfide) groups is 1. The van der Waals surface area contributed by atoms with E-state index < -0.39 is 23.3 Å². The van der Waals surface area contributed by atoms with Crippen LogP contribution in [-0.4, -0.2) is 23.4 Å². The van der Waals surface area contributed by atoms with Gasteiger partial charge in [-0.15, -0.1) is 11.8 Å². The predicted molar refractivity (Wildman–Crippen MR) is 71.9 cm³/mol. The SMILES string of the molecule is CCOC(=O)CC1(O)CCSc2cc(C(F)(F)F)ccc21. The van der Waals surface area contributed by atoms with Crippen molar-refractivity contribution in [2.45, 2.75) is 36.4 Å². The van der Waals surface area contributed by atoms with Crippen molar-refractivity contribution in [1.82, 2.24) is 0 Å². The largest absolute Gasteiger partial charge is 0.466 e. The lowest BCUT2D eigenvalue weighted by molar-refractivity contribution is -0.149. The summed E-state index contributed by atoms with van der Waals surface area (Å²) in [5.41, 5.74) is -1.86. The minimum atomic E-state index is -4.42. The lowest BCUT2D eigenvalue weighted by atomic mass is 9.87. The van der Waals surface area contributed by atoms with Crippen molar-refractivity contribution in [2.75, 3.05) is 12.4 Å². The number of halogens is 3. The van der Waals surface area contributed by atoms with Crippen molar-refractivity contribution in [2.24, 2.45) is 0 Å². The summed E-state index contributed by atoms with van der Waals surface area (Å²) in [6.07, 6.45) is -4.37. The molecule has 0 spiro atoms. The van der Waals surface area contributed by atoms with Crippen molar-refractivity contribution in [3.8, 4) is 0 Å². The van der Waals surface area contributed by atoms with E-state index in [1.165, 1.54) is 17.8 Å². The maximum absolute atomic E-state index is 12.7. The lowest BCUT2D eigenvalue weighted by Crippen LogP contribution is -2.33. The van der Waals surface area contributed by atoms with E-state index >= 15 is 0 Å². The van der Waals surface area contributed by atoms with Gasteiger partial charge in [-0.2, -0.15) is 13.2 Å². The number of hydrogen-bond donors (Lipinski definition) is 1. The molecule has 116 valence electrons. The van der Waals surface area contributed by atoms with Gasteiger partial charge in [-0.25, -0.2) is 0 Å². The number of hydrogen-bond acceptors (Lipinski definition) is 4. The quantitative estimate of drug-likeness (QED) is 0.868. The third-order valence-corrected chi connectivity index (χ3v) is 4.38. The van der Waals surface area contributed by atoms with E-state index in [1.807, 2.05) is 0 Å². The Morgan fingerprint density at radius 2 is 2.19 bits per heavy atom. The number of fused-ring (bicyclic) bond motifs is 1. The molecule has 0 saturated carbocycles. The number of alkyl halides is 3. The fraction of sp³-hybridized carbons (Fsp3) is 0.500. The first kappa shape index (κ1) is 16.2. The first-order chi connectivity index (χ1) is 9.76. The zero-order valence-corrected chi connectivity index (χ0v) is 12.2. The molecule has 0 aromatic heterocycles. The van der Waals surface area contributed by atoms with Gasteiger partial charge in [0.1, 0.15) is 5.60 Å². The molecule has 1 aromatic rings. The summed E-state index contributed by atoms with van der Waals surface area (Å²) in [4.78, 5) is 11.9. The Morgan fingerprint density at radius 1 is 1.48 bits per heavy atom. The van der Waals surface area contributed by atoms with Crippen molar-refractivity contribution < 1.29 is 27.8 Å². The first-order valence-corrected chi connectivity index (χ1v) is 7.47. The Kier molecular flexibility index (Phi) is 4.53. The fourth-order valence-corrected chi connectivity index (χ4v) is 3.58. The maximum atomic E-state index is 12.7. The van der Waals surface area contributed by atoms with Crippen LogP contribution in [0.5, 0.6) is 0 Å². The van der Waals surface area contributed by atoms with E-state index in [2.05, 4.69) is 0 Å². The third kappa shape index (κ3) is 3.52. The van der Waals surface area contributed by atoms with Gasteiger partial charge in [0.25, 0.3) is 0 Å². The Hall–Kier alpha value is -1.21. The number of ether oxygens (including phenoxy) is 1. The van der Waals surface area contributed by atoms with Gasteiger partial charge in [0, 0.05) is 10.6 Å². The highest BCUT2D eigenvalue weighted by atomic mass is 32.2. The number of benzene rings is 1. The Balaban J connectivity index is 2.33. The van der Waals surface area contributed by atoms with E-state index in [-0.39, 0.29) is 13.0 Å². The van der Waals surface area contributed by atoms with Crippen LogP contribution >= 0.6 is 11.8 Å². The highest BCUT2D eigenvalue weighted by Crippen LogP contribution is 2.44. The van der Waals surface area contributed by atoms with Gasteiger partial charge in [0.2, 0.25) is 0 Å². The van der Waals surface area contributed by atoms with Crippen LogP contribution in [0.25, 0.3) is 0 Å². The maximum Gasteiger partial charge on any atom is 0.416 e. The average Bonchev–Trinajstić information content (AvgIpc) is 2.37. The van der Waals surface area contributed by atoms with Crippen LogP contribution in [0.1, 0.15) is 30.9 Å². The van der Waals surface area contributed by atoms with Crippen LogP contribution in [0.15, 0.2) is 23.1 Å². The Morgan fingerprint density at radius 3 is 2.81 bits per heavy atom. The van der Waals surface area contributed by atoms with E-state index in [4.69, 9.17) is 4.74 Å². The van der Waals surface area contributed by atoms with Gasteiger partial charge in [0.05, 0.1) is 18.6 Å². The summed E-state index contributed by atoms with van der Waals surface area (Å²) in [5, 5.41) is 10.6.